The Balaban J connectivity index is 1.12. The lowest BCUT2D eigenvalue weighted by Gasteiger charge is -2.47. The SMILES string of the molecule is C=CC=NCC(C)N1CCN(C2CC(c3nc(-c4ccc5ccc(-c6ccccc6)nc5c4)c4c(NC)nccn34)C2)CC1. The molecule has 2 aromatic carbocycles. The van der Waals surface area contributed by atoms with Gasteiger partial charge >= 0.3 is 0 Å². The highest BCUT2D eigenvalue weighted by molar-refractivity contribution is 5.91. The number of allylic oxidation sites excluding steroid dienone is 1. The van der Waals surface area contributed by atoms with E-state index in [4.69, 9.17) is 9.97 Å². The highest BCUT2D eigenvalue weighted by atomic mass is 15.3. The van der Waals surface area contributed by atoms with Gasteiger partial charge in [-0.25, -0.2) is 15.0 Å². The quantitative estimate of drug-likeness (QED) is 0.209. The zero-order chi connectivity index (χ0) is 30.0. The Morgan fingerprint density at radius 3 is 2.57 bits per heavy atom. The fraction of sp³-hybridized carbons (Fsp3) is 0.333. The van der Waals surface area contributed by atoms with Crippen molar-refractivity contribution in [3.05, 3.63) is 91.5 Å². The van der Waals surface area contributed by atoms with E-state index in [1.165, 1.54) is 0 Å². The van der Waals surface area contributed by atoms with Crippen LogP contribution in [0.15, 0.2) is 90.7 Å². The van der Waals surface area contributed by atoms with Crippen LogP contribution in [-0.4, -0.2) is 87.2 Å². The van der Waals surface area contributed by atoms with Gasteiger partial charge in [-0.05, 0) is 31.9 Å². The number of rotatable bonds is 9. The van der Waals surface area contributed by atoms with E-state index < -0.39 is 0 Å². The molecule has 0 amide bonds. The maximum absolute atomic E-state index is 5.34. The fourth-order valence-corrected chi connectivity index (χ4v) is 6.81. The molecule has 1 N–H and O–H groups in total. The Morgan fingerprint density at radius 2 is 1.80 bits per heavy atom. The van der Waals surface area contributed by atoms with Crippen LogP contribution < -0.4 is 5.32 Å². The van der Waals surface area contributed by atoms with E-state index in [1.807, 2.05) is 19.3 Å². The van der Waals surface area contributed by atoms with Crippen molar-refractivity contribution < 1.29 is 0 Å². The second-order valence-electron chi connectivity index (χ2n) is 12.0. The highest BCUT2D eigenvalue weighted by Crippen LogP contribution is 2.42. The Kier molecular flexibility index (Phi) is 7.93. The van der Waals surface area contributed by atoms with Gasteiger partial charge in [0.25, 0.3) is 0 Å². The summed E-state index contributed by atoms with van der Waals surface area (Å²) in [6.45, 7) is 11.3. The largest absolute Gasteiger partial charge is 0.371 e. The predicted octanol–water partition coefficient (Wildman–Crippen LogP) is 6.16. The molecule has 0 spiro atoms. The van der Waals surface area contributed by atoms with Crippen LogP contribution in [0.3, 0.4) is 0 Å². The number of imidazole rings is 1. The Labute approximate surface area is 259 Å². The second-order valence-corrected chi connectivity index (χ2v) is 12.0. The van der Waals surface area contributed by atoms with Crippen LogP contribution in [0, 0.1) is 0 Å². The van der Waals surface area contributed by atoms with E-state index in [1.54, 1.807) is 12.3 Å². The standard InChI is InChI=1S/C36H40N8/c1-4-14-38-24-25(2)42-17-19-43(20-18-42)30-21-29(22-30)36-41-33(34-35(37-3)39-15-16-44(34)36)28-11-10-27-12-13-31(40-32(27)23-28)26-8-6-5-7-9-26/h4-16,23,25,29-30H,1,17-22,24H2,2-3H3,(H,37,39). The molecule has 7 rings (SSSR count). The summed E-state index contributed by atoms with van der Waals surface area (Å²) in [6, 6.07) is 22.1. The Bertz CT molecular complexity index is 1800. The lowest BCUT2D eigenvalue weighted by atomic mass is 9.78. The van der Waals surface area contributed by atoms with Crippen LogP contribution in [0.1, 0.15) is 31.5 Å². The molecule has 1 atom stereocenters. The third-order valence-electron chi connectivity index (χ3n) is 9.40. The second kappa shape index (κ2) is 12.3. The van der Waals surface area contributed by atoms with Gasteiger partial charge in [0.1, 0.15) is 17.0 Å². The summed E-state index contributed by atoms with van der Waals surface area (Å²) in [6.07, 6.45) is 9.76. The van der Waals surface area contributed by atoms with Crippen molar-refractivity contribution in [1.29, 1.82) is 0 Å². The minimum Gasteiger partial charge on any atom is -0.371 e. The molecule has 8 nitrogen and oxygen atoms in total. The van der Waals surface area contributed by atoms with Crippen molar-refractivity contribution in [1.82, 2.24) is 29.2 Å². The number of hydrogen-bond donors (Lipinski definition) is 1. The molecular formula is C36H40N8. The monoisotopic (exact) mass is 584 g/mol. The number of anilines is 1. The highest BCUT2D eigenvalue weighted by Gasteiger charge is 2.39. The number of pyridine rings is 1. The first-order chi connectivity index (χ1) is 21.6. The van der Waals surface area contributed by atoms with Gasteiger partial charge in [-0.3, -0.25) is 19.2 Å². The van der Waals surface area contributed by atoms with Crippen LogP contribution in [0.2, 0.25) is 0 Å². The summed E-state index contributed by atoms with van der Waals surface area (Å²) < 4.78 is 2.26. The molecule has 1 saturated carbocycles. The predicted molar refractivity (Wildman–Crippen MR) is 181 cm³/mol. The fourth-order valence-electron chi connectivity index (χ4n) is 6.81. The Morgan fingerprint density at radius 1 is 1.00 bits per heavy atom. The summed E-state index contributed by atoms with van der Waals surface area (Å²) in [5, 5.41) is 4.43. The number of aromatic nitrogens is 4. The van der Waals surface area contributed by atoms with Crippen molar-refractivity contribution in [2.45, 2.75) is 37.8 Å². The van der Waals surface area contributed by atoms with Crippen LogP contribution >= 0.6 is 0 Å². The summed E-state index contributed by atoms with van der Waals surface area (Å²) in [4.78, 5) is 24.7. The number of nitrogens with one attached hydrogen (secondary N) is 1. The molecule has 8 heteroatoms. The first-order valence-corrected chi connectivity index (χ1v) is 15.7. The molecule has 1 unspecified atom stereocenters. The van der Waals surface area contributed by atoms with Gasteiger partial charge < -0.3 is 5.32 Å². The maximum atomic E-state index is 5.34. The molecule has 2 aliphatic rings. The lowest BCUT2D eigenvalue weighted by Crippen LogP contribution is -2.55. The summed E-state index contributed by atoms with van der Waals surface area (Å²) in [7, 11) is 1.93. The molecule has 2 fully saturated rings. The van der Waals surface area contributed by atoms with Crippen molar-refractivity contribution in [2.75, 3.05) is 45.1 Å². The van der Waals surface area contributed by atoms with E-state index in [-0.39, 0.29) is 0 Å². The van der Waals surface area contributed by atoms with E-state index >= 15 is 0 Å². The lowest BCUT2D eigenvalue weighted by molar-refractivity contribution is 0.0377. The molecule has 1 aliphatic carbocycles. The smallest absolute Gasteiger partial charge is 0.152 e. The third-order valence-corrected chi connectivity index (χ3v) is 9.40. The van der Waals surface area contributed by atoms with E-state index in [0.29, 0.717) is 18.0 Å². The molecule has 1 aliphatic heterocycles. The van der Waals surface area contributed by atoms with Gasteiger partial charge in [0.2, 0.25) is 0 Å². The Hall–Kier alpha value is -4.40. The summed E-state index contributed by atoms with van der Waals surface area (Å²) >= 11 is 0. The number of piperazine rings is 1. The van der Waals surface area contributed by atoms with Gasteiger partial charge in [0.05, 0.1) is 17.8 Å². The zero-order valence-electron chi connectivity index (χ0n) is 25.6. The topological polar surface area (TPSA) is 74.0 Å². The average Bonchev–Trinajstić information content (AvgIpc) is 3.44. The van der Waals surface area contributed by atoms with Gasteiger partial charge in [0.15, 0.2) is 5.82 Å². The van der Waals surface area contributed by atoms with Crippen molar-refractivity contribution in [3.8, 4) is 22.5 Å². The van der Waals surface area contributed by atoms with Crippen molar-refractivity contribution in [2.24, 2.45) is 4.99 Å². The van der Waals surface area contributed by atoms with E-state index in [9.17, 15) is 0 Å². The number of nitrogens with zero attached hydrogens (tertiary/aromatic N) is 7. The summed E-state index contributed by atoms with van der Waals surface area (Å²) in [5.74, 6) is 2.39. The van der Waals surface area contributed by atoms with Crippen LogP contribution in [0.4, 0.5) is 5.82 Å². The molecule has 4 heterocycles. The molecule has 1 saturated heterocycles. The molecule has 44 heavy (non-hydrogen) atoms. The van der Waals surface area contributed by atoms with Crippen LogP contribution in [0.25, 0.3) is 38.9 Å². The van der Waals surface area contributed by atoms with Gasteiger partial charge in [-0.2, -0.15) is 0 Å². The number of fused-ring (bicyclic) bond motifs is 2. The number of aliphatic imine (C=N–C) groups is 1. The average molecular weight is 585 g/mol. The minimum absolute atomic E-state index is 0.418. The van der Waals surface area contributed by atoms with Crippen LogP contribution in [-0.2, 0) is 0 Å². The number of hydrogen-bond acceptors (Lipinski definition) is 7. The first-order valence-electron chi connectivity index (χ1n) is 15.7. The van der Waals surface area contributed by atoms with Gasteiger partial charge in [-0.1, -0.05) is 61.2 Å². The maximum Gasteiger partial charge on any atom is 0.152 e. The van der Waals surface area contributed by atoms with Crippen LogP contribution in [0.5, 0.6) is 0 Å². The minimum atomic E-state index is 0.418. The van der Waals surface area contributed by atoms with E-state index in [2.05, 4.69) is 104 Å². The third kappa shape index (κ3) is 5.40. The molecular weight excluding hydrogens is 544 g/mol. The van der Waals surface area contributed by atoms with Gasteiger partial charge in [-0.15, -0.1) is 0 Å². The molecule has 224 valence electrons. The first kappa shape index (κ1) is 28.4. The zero-order valence-corrected chi connectivity index (χ0v) is 25.6. The normalized spacial score (nSPS) is 20.2. The summed E-state index contributed by atoms with van der Waals surface area (Å²) in [5.41, 5.74) is 6.09. The van der Waals surface area contributed by atoms with Crippen molar-refractivity contribution in [3.63, 3.8) is 0 Å². The van der Waals surface area contributed by atoms with Gasteiger partial charge in [0, 0.05) is 86.3 Å². The molecule has 0 radical (unpaired) electrons. The molecule has 0 bridgehead atoms. The van der Waals surface area contributed by atoms with Crippen molar-refractivity contribution >= 4 is 28.5 Å². The van der Waals surface area contributed by atoms with E-state index in [0.717, 1.165) is 96.1 Å². The molecule has 3 aromatic heterocycles. The number of benzene rings is 2. The molecule has 5 aromatic rings.